The molecule has 0 saturated heterocycles. The number of ether oxygens (including phenoxy) is 3. The number of carbonyl (C=O) groups is 1. The van der Waals surface area contributed by atoms with Gasteiger partial charge in [-0.15, -0.1) is 0 Å². The van der Waals surface area contributed by atoms with Gasteiger partial charge in [0.05, 0.1) is 17.7 Å². The Bertz CT molecular complexity index is 541. The first-order chi connectivity index (χ1) is 9.97. The lowest BCUT2D eigenvalue weighted by molar-refractivity contribution is 0.130. The smallest absolute Gasteiger partial charge is 0.411 e. The van der Waals surface area contributed by atoms with Crippen LogP contribution in [0.1, 0.15) is 19.4 Å². The first-order valence-corrected chi connectivity index (χ1v) is 6.64. The molecule has 0 aliphatic heterocycles. The van der Waals surface area contributed by atoms with E-state index in [1.165, 1.54) is 13.2 Å². The number of benzene rings is 1. The third-order valence-corrected chi connectivity index (χ3v) is 2.57. The molecule has 0 saturated carbocycles. The molecule has 0 heterocycles. The van der Waals surface area contributed by atoms with E-state index in [0.717, 1.165) is 0 Å². The summed E-state index contributed by atoms with van der Waals surface area (Å²) in [6, 6.07) is 5.05. The van der Waals surface area contributed by atoms with Gasteiger partial charge in [-0.3, -0.25) is 5.32 Å². The molecule has 0 fully saturated rings. The van der Waals surface area contributed by atoms with Crippen molar-refractivity contribution in [2.45, 2.75) is 26.6 Å². The van der Waals surface area contributed by atoms with Crippen LogP contribution in [0.5, 0.6) is 5.75 Å². The zero-order valence-corrected chi connectivity index (χ0v) is 12.9. The number of nitriles is 1. The van der Waals surface area contributed by atoms with Crippen molar-refractivity contribution >= 4 is 23.4 Å². The fourth-order valence-electron chi connectivity index (χ4n) is 1.61. The van der Waals surface area contributed by atoms with Crippen molar-refractivity contribution in [3.8, 4) is 11.8 Å². The Balaban J connectivity index is 2.97. The molecule has 0 aliphatic rings. The number of hydrogen-bond acceptors (Lipinski definition) is 5. The molecule has 1 amide bonds. The van der Waals surface area contributed by atoms with Gasteiger partial charge in [-0.1, -0.05) is 11.6 Å². The van der Waals surface area contributed by atoms with Crippen LogP contribution in [0.4, 0.5) is 10.5 Å². The highest BCUT2D eigenvalue weighted by atomic mass is 35.5. The summed E-state index contributed by atoms with van der Waals surface area (Å²) >= 11 is 6.11. The molecule has 0 aliphatic carbocycles. The van der Waals surface area contributed by atoms with Crippen LogP contribution in [0, 0.1) is 11.3 Å². The topological polar surface area (TPSA) is 80.6 Å². The summed E-state index contributed by atoms with van der Waals surface area (Å²) in [6.45, 7) is 3.61. The van der Waals surface area contributed by atoms with E-state index in [2.05, 4.69) is 5.32 Å². The minimum Gasteiger partial charge on any atom is -0.477 e. The van der Waals surface area contributed by atoms with Crippen molar-refractivity contribution in [1.29, 1.82) is 5.26 Å². The Labute approximate surface area is 128 Å². The van der Waals surface area contributed by atoms with Crippen LogP contribution in [-0.4, -0.2) is 25.9 Å². The molecule has 0 radical (unpaired) electrons. The number of methoxy groups -OCH3 is 1. The third kappa shape index (κ3) is 5.50. The number of carbonyl (C=O) groups excluding carboxylic acids is 1. The highest BCUT2D eigenvalue weighted by Crippen LogP contribution is 2.33. The molecular weight excluding hydrogens is 296 g/mol. The number of anilines is 1. The van der Waals surface area contributed by atoms with Crippen LogP contribution in [0.2, 0.25) is 5.02 Å². The van der Waals surface area contributed by atoms with Gasteiger partial charge < -0.3 is 14.2 Å². The fraction of sp³-hybridized carbons (Fsp3) is 0.429. The third-order valence-electron chi connectivity index (χ3n) is 2.29. The molecule has 0 spiro atoms. The molecule has 6 nitrogen and oxygen atoms in total. The molecule has 114 valence electrons. The standard InChI is InChI=1S/C14H17ClN2O4/c1-9(2)21-14(18)17-11-6-10(8-19-3)13(12(15)7-11)20-5-4-16/h6-7,9H,5,8H2,1-3H3,(H,17,18). The van der Waals surface area contributed by atoms with Gasteiger partial charge in [-0.05, 0) is 26.0 Å². The van der Waals surface area contributed by atoms with E-state index in [4.69, 9.17) is 31.1 Å². The van der Waals surface area contributed by atoms with Crippen molar-refractivity contribution in [2.24, 2.45) is 0 Å². The molecule has 1 aromatic rings. The average molecular weight is 313 g/mol. The van der Waals surface area contributed by atoms with Gasteiger partial charge in [0.2, 0.25) is 0 Å². The summed E-state index contributed by atoms with van der Waals surface area (Å²) in [5.74, 6) is 0.364. The van der Waals surface area contributed by atoms with Crippen LogP contribution in [-0.2, 0) is 16.1 Å². The highest BCUT2D eigenvalue weighted by Gasteiger charge is 2.13. The van der Waals surface area contributed by atoms with E-state index in [0.29, 0.717) is 17.0 Å². The maximum atomic E-state index is 11.6. The number of halogens is 1. The Morgan fingerprint density at radius 3 is 2.76 bits per heavy atom. The second-order valence-corrected chi connectivity index (χ2v) is 4.81. The summed E-state index contributed by atoms with van der Waals surface area (Å²) in [6.07, 6.45) is -0.799. The van der Waals surface area contributed by atoms with E-state index < -0.39 is 6.09 Å². The normalized spacial score (nSPS) is 10.1. The number of nitrogens with zero attached hydrogens (tertiary/aromatic N) is 1. The van der Waals surface area contributed by atoms with Crippen molar-refractivity contribution in [3.63, 3.8) is 0 Å². The van der Waals surface area contributed by atoms with Crippen LogP contribution in [0.25, 0.3) is 0 Å². The van der Waals surface area contributed by atoms with Gasteiger partial charge in [0.15, 0.2) is 6.61 Å². The SMILES string of the molecule is COCc1cc(NC(=O)OC(C)C)cc(Cl)c1OCC#N. The summed E-state index contributed by atoms with van der Waals surface area (Å²) < 4.78 is 15.3. The lowest BCUT2D eigenvalue weighted by Crippen LogP contribution is -2.18. The molecule has 0 atom stereocenters. The average Bonchev–Trinajstić information content (AvgIpc) is 2.37. The predicted molar refractivity (Wildman–Crippen MR) is 78.5 cm³/mol. The van der Waals surface area contributed by atoms with Crippen LogP contribution >= 0.6 is 11.6 Å². The maximum Gasteiger partial charge on any atom is 0.411 e. The summed E-state index contributed by atoms with van der Waals surface area (Å²) in [7, 11) is 1.52. The van der Waals surface area contributed by atoms with Gasteiger partial charge in [0.1, 0.15) is 11.8 Å². The highest BCUT2D eigenvalue weighted by molar-refractivity contribution is 6.32. The Kier molecular flexibility index (Phi) is 6.79. The molecular formula is C14H17ClN2O4. The van der Waals surface area contributed by atoms with Gasteiger partial charge in [0, 0.05) is 18.4 Å². The maximum absolute atomic E-state index is 11.6. The van der Waals surface area contributed by atoms with Crippen LogP contribution in [0.3, 0.4) is 0 Å². The van der Waals surface area contributed by atoms with Crippen molar-refractivity contribution < 1.29 is 19.0 Å². The largest absolute Gasteiger partial charge is 0.477 e. The van der Waals surface area contributed by atoms with E-state index in [1.54, 1.807) is 19.9 Å². The second-order valence-electron chi connectivity index (χ2n) is 4.41. The van der Waals surface area contributed by atoms with E-state index in [1.807, 2.05) is 6.07 Å². The Hall–Kier alpha value is -1.97. The minimum absolute atomic E-state index is 0.126. The lowest BCUT2D eigenvalue weighted by atomic mass is 10.2. The summed E-state index contributed by atoms with van der Waals surface area (Å²) in [4.78, 5) is 11.6. The van der Waals surface area contributed by atoms with Crippen LogP contribution in [0.15, 0.2) is 12.1 Å². The zero-order chi connectivity index (χ0) is 15.8. The fourth-order valence-corrected chi connectivity index (χ4v) is 1.91. The molecule has 21 heavy (non-hydrogen) atoms. The minimum atomic E-state index is -0.574. The monoisotopic (exact) mass is 312 g/mol. The molecule has 0 aromatic heterocycles. The van der Waals surface area contributed by atoms with Crippen molar-refractivity contribution in [2.75, 3.05) is 19.0 Å². The van der Waals surface area contributed by atoms with Gasteiger partial charge >= 0.3 is 6.09 Å². The quantitative estimate of drug-likeness (QED) is 0.871. The van der Waals surface area contributed by atoms with Gasteiger partial charge in [-0.2, -0.15) is 5.26 Å². The summed E-state index contributed by atoms with van der Waals surface area (Å²) in [5, 5.41) is 11.4. The lowest BCUT2D eigenvalue weighted by Gasteiger charge is -2.14. The number of amides is 1. The van der Waals surface area contributed by atoms with Crippen LogP contribution < -0.4 is 10.1 Å². The molecule has 1 aromatic carbocycles. The first-order valence-electron chi connectivity index (χ1n) is 6.26. The molecule has 7 heteroatoms. The number of hydrogen-bond donors (Lipinski definition) is 1. The molecule has 1 rings (SSSR count). The van der Waals surface area contributed by atoms with E-state index >= 15 is 0 Å². The van der Waals surface area contributed by atoms with Gasteiger partial charge in [-0.25, -0.2) is 4.79 Å². The first kappa shape index (κ1) is 17.1. The van der Waals surface area contributed by atoms with Gasteiger partial charge in [0.25, 0.3) is 0 Å². The predicted octanol–water partition coefficient (Wildman–Crippen LogP) is 3.35. The second kappa shape index (κ2) is 8.35. The van der Waals surface area contributed by atoms with Crippen molar-refractivity contribution in [3.05, 3.63) is 22.7 Å². The number of nitrogens with one attached hydrogen (secondary N) is 1. The molecule has 0 bridgehead atoms. The zero-order valence-electron chi connectivity index (χ0n) is 12.1. The van der Waals surface area contributed by atoms with E-state index in [-0.39, 0.29) is 24.3 Å². The molecule has 0 unspecified atom stereocenters. The number of rotatable bonds is 6. The summed E-state index contributed by atoms with van der Waals surface area (Å²) in [5.41, 5.74) is 1.09. The molecule has 1 N–H and O–H groups in total. The Morgan fingerprint density at radius 1 is 1.48 bits per heavy atom. The Morgan fingerprint density at radius 2 is 2.19 bits per heavy atom. The van der Waals surface area contributed by atoms with E-state index in [9.17, 15) is 4.79 Å². The van der Waals surface area contributed by atoms with Crippen molar-refractivity contribution in [1.82, 2.24) is 0 Å².